The lowest BCUT2D eigenvalue weighted by molar-refractivity contribution is 1.18. The fraction of sp³-hybridized carbons (Fsp3) is 0. The van der Waals surface area contributed by atoms with E-state index in [-0.39, 0.29) is 0 Å². The molecule has 0 fully saturated rings. The van der Waals surface area contributed by atoms with Crippen LogP contribution in [0.5, 0.6) is 0 Å². The summed E-state index contributed by atoms with van der Waals surface area (Å²) in [6.45, 7) is 0. The van der Waals surface area contributed by atoms with Gasteiger partial charge in [0.2, 0.25) is 0 Å². The van der Waals surface area contributed by atoms with E-state index in [0.29, 0.717) is 17.0 Å². The van der Waals surface area contributed by atoms with E-state index in [1.165, 1.54) is 0 Å². The van der Waals surface area contributed by atoms with E-state index in [0.717, 1.165) is 101 Å². The molecule has 0 spiro atoms. The normalized spacial score (nSPS) is 11.0. The van der Waals surface area contributed by atoms with E-state index in [9.17, 15) is 10.5 Å². The zero-order valence-electron chi connectivity index (χ0n) is 39.5. The van der Waals surface area contributed by atoms with Crippen molar-refractivity contribution in [1.82, 2.24) is 14.5 Å². The summed E-state index contributed by atoms with van der Waals surface area (Å²) in [6, 6.07) is 93.8. The van der Waals surface area contributed by atoms with Gasteiger partial charge in [0.25, 0.3) is 0 Å². The second kappa shape index (κ2) is 19.2. The Balaban J connectivity index is 0.963. The van der Waals surface area contributed by atoms with Crippen molar-refractivity contribution in [2.24, 2.45) is 0 Å². The maximum atomic E-state index is 9.66. The van der Waals surface area contributed by atoms with Gasteiger partial charge < -0.3 is 14.4 Å². The molecule has 0 amide bonds. The molecular formula is C66H43N7. The number of nitriles is 2. The van der Waals surface area contributed by atoms with Gasteiger partial charge in [-0.3, -0.25) is 0 Å². The van der Waals surface area contributed by atoms with Gasteiger partial charge in [0, 0.05) is 67.3 Å². The van der Waals surface area contributed by atoms with Crippen molar-refractivity contribution in [3.05, 3.63) is 272 Å². The smallest absolute Gasteiger partial charge is 0.160 e. The molecule has 2 aromatic heterocycles. The summed E-state index contributed by atoms with van der Waals surface area (Å²) in [5.41, 5.74) is 17.2. The van der Waals surface area contributed by atoms with Crippen molar-refractivity contribution in [2.75, 3.05) is 9.80 Å². The SMILES string of the molecule is N#Cc1ccc(N(c2ccccc2)c2ccc3c(c2)c2cc(N(c4ccccc4)c4ccc(C#N)cc4)ccc2n3-c2ccc(-c3ccc(-c4cc(-c5ccccc5)nc(-c5ccccc5)n4)cc3)cc2)cc1. The van der Waals surface area contributed by atoms with Crippen LogP contribution in [0.4, 0.5) is 34.1 Å². The lowest BCUT2D eigenvalue weighted by Crippen LogP contribution is -2.10. The van der Waals surface area contributed by atoms with E-state index >= 15 is 0 Å². The molecule has 12 aromatic rings. The van der Waals surface area contributed by atoms with Crippen LogP contribution < -0.4 is 9.80 Å². The van der Waals surface area contributed by atoms with Gasteiger partial charge in [-0.15, -0.1) is 0 Å². The van der Waals surface area contributed by atoms with Crippen LogP contribution in [0.3, 0.4) is 0 Å². The van der Waals surface area contributed by atoms with E-state index in [1.807, 2.05) is 133 Å². The topological polar surface area (TPSA) is 84.8 Å². The third-order valence-corrected chi connectivity index (χ3v) is 13.3. The van der Waals surface area contributed by atoms with Gasteiger partial charge in [0.05, 0.1) is 45.7 Å². The standard InChI is InChI=1S/C66H43N7/c67-44-46-21-31-55(32-22-46)71(53-17-9-3-10-18-53)58-37-39-64-60(41-58)61-42-59(72(54-19-11-4-12-20-54)56-33-23-47(45-68)24-34-56)38-40-65(61)73(64)57-35-29-49(30-36-57)48-25-27-51(28-26-48)63-43-62(50-13-5-1-6-14-50)69-66(70-63)52-15-7-2-8-16-52/h1-43H. The largest absolute Gasteiger partial charge is 0.310 e. The molecule has 0 atom stereocenters. The number of nitrogens with zero attached hydrogens (tertiary/aromatic N) is 7. The first-order valence-electron chi connectivity index (χ1n) is 24.1. The van der Waals surface area contributed by atoms with Crippen LogP contribution >= 0.6 is 0 Å². The van der Waals surface area contributed by atoms with Crippen LogP contribution in [0.25, 0.3) is 72.5 Å². The molecule has 7 nitrogen and oxygen atoms in total. The Bertz CT molecular complexity index is 3780. The molecular weight excluding hydrogens is 891 g/mol. The number of hydrogen-bond donors (Lipinski definition) is 0. The first-order chi connectivity index (χ1) is 36.1. The van der Waals surface area contributed by atoms with E-state index < -0.39 is 0 Å². The molecule has 0 N–H and O–H groups in total. The van der Waals surface area contributed by atoms with Gasteiger partial charge in [0.15, 0.2) is 5.82 Å². The number of hydrogen-bond acceptors (Lipinski definition) is 6. The minimum Gasteiger partial charge on any atom is -0.310 e. The third kappa shape index (κ3) is 8.61. The van der Waals surface area contributed by atoms with Gasteiger partial charge in [-0.2, -0.15) is 10.5 Å². The lowest BCUT2D eigenvalue weighted by atomic mass is 10.0. The molecule has 0 saturated carbocycles. The fourth-order valence-corrected chi connectivity index (χ4v) is 9.68. The molecule has 0 saturated heterocycles. The highest BCUT2D eigenvalue weighted by Gasteiger charge is 2.21. The number of fused-ring (bicyclic) bond motifs is 3. The Morgan fingerprint density at radius 2 is 0.671 bits per heavy atom. The van der Waals surface area contributed by atoms with Crippen LogP contribution in [0.2, 0.25) is 0 Å². The minimum atomic E-state index is 0.605. The number of rotatable bonds is 11. The highest BCUT2D eigenvalue weighted by atomic mass is 15.1. The Morgan fingerprint density at radius 1 is 0.315 bits per heavy atom. The minimum absolute atomic E-state index is 0.605. The predicted molar refractivity (Wildman–Crippen MR) is 297 cm³/mol. The van der Waals surface area contributed by atoms with Crippen molar-refractivity contribution in [1.29, 1.82) is 10.5 Å². The quantitative estimate of drug-likeness (QED) is 0.128. The van der Waals surface area contributed by atoms with Crippen molar-refractivity contribution in [2.45, 2.75) is 0 Å². The van der Waals surface area contributed by atoms with E-state index in [1.54, 1.807) is 0 Å². The zero-order chi connectivity index (χ0) is 49.1. The molecule has 0 unspecified atom stereocenters. The molecule has 0 aliphatic heterocycles. The van der Waals surface area contributed by atoms with Gasteiger partial charge in [-0.05, 0) is 139 Å². The Kier molecular flexibility index (Phi) is 11.6. The number of anilines is 6. The summed E-state index contributed by atoms with van der Waals surface area (Å²) in [5, 5.41) is 21.5. The average molecular weight is 934 g/mol. The first kappa shape index (κ1) is 43.9. The van der Waals surface area contributed by atoms with Crippen molar-refractivity contribution in [3.63, 3.8) is 0 Å². The highest BCUT2D eigenvalue weighted by Crippen LogP contribution is 2.43. The molecule has 0 aliphatic carbocycles. The second-order valence-electron chi connectivity index (χ2n) is 17.7. The van der Waals surface area contributed by atoms with Gasteiger partial charge in [0.1, 0.15) is 0 Å². The van der Waals surface area contributed by atoms with Crippen LogP contribution in [0.1, 0.15) is 11.1 Å². The van der Waals surface area contributed by atoms with Crippen LogP contribution in [0, 0.1) is 22.7 Å². The maximum absolute atomic E-state index is 9.66. The second-order valence-corrected chi connectivity index (χ2v) is 17.7. The highest BCUT2D eigenvalue weighted by molar-refractivity contribution is 6.12. The zero-order valence-corrected chi connectivity index (χ0v) is 39.5. The number of benzene rings is 10. The Morgan fingerprint density at radius 3 is 1.11 bits per heavy atom. The molecule has 0 aliphatic rings. The fourth-order valence-electron chi connectivity index (χ4n) is 9.68. The van der Waals surface area contributed by atoms with Crippen molar-refractivity contribution < 1.29 is 0 Å². The molecule has 7 heteroatoms. The molecule has 73 heavy (non-hydrogen) atoms. The monoisotopic (exact) mass is 933 g/mol. The summed E-state index contributed by atoms with van der Waals surface area (Å²) in [5.74, 6) is 0.689. The summed E-state index contributed by atoms with van der Waals surface area (Å²) in [6.07, 6.45) is 0. The summed E-state index contributed by atoms with van der Waals surface area (Å²) in [4.78, 5) is 14.5. The van der Waals surface area contributed by atoms with Crippen molar-refractivity contribution >= 4 is 55.9 Å². The molecule has 0 radical (unpaired) electrons. The van der Waals surface area contributed by atoms with Crippen LogP contribution in [-0.4, -0.2) is 14.5 Å². The maximum Gasteiger partial charge on any atom is 0.160 e. The number of para-hydroxylation sites is 2. The molecule has 12 rings (SSSR count). The van der Waals surface area contributed by atoms with E-state index in [4.69, 9.17) is 9.97 Å². The van der Waals surface area contributed by atoms with Crippen LogP contribution in [-0.2, 0) is 0 Å². The molecule has 10 aromatic carbocycles. The first-order valence-corrected chi connectivity index (χ1v) is 24.1. The summed E-state index contributed by atoms with van der Waals surface area (Å²) in [7, 11) is 0. The van der Waals surface area contributed by atoms with Gasteiger partial charge in [-0.1, -0.05) is 133 Å². The summed E-state index contributed by atoms with van der Waals surface area (Å²) < 4.78 is 2.35. The lowest BCUT2D eigenvalue weighted by Gasteiger charge is -2.26. The molecule has 342 valence electrons. The predicted octanol–water partition coefficient (Wildman–Crippen LogP) is 16.9. The van der Waals surface area contributed by atoms with Gasteiger partial charge in [-0.25, -0.2) is 9.97 Å². The van der Waals surface area contributed by atoms with Crippen molar-refractivity contribution in [3.8, 4) is 62.9 Å². The number of aromatic nitrogens is 3. The van der Waals surface area contributed by atoms with E-state index in [2.05, 4.69) is 154 Å². The molecule has 2 heterocycles. The van der Waals surface area contributed by atoms with Crippen LogP contribution in [0.15, 0.2) is 261 Å². The average Bonchev–Trinajstić information content (AvgIpc) is 3.79. The summed E-state index contributed by atoms with van der Waals surface area (Å²) >= 11 is 0. The molecule has 0 bridgehead atoms. The third-order valence-electron chi connectivity index (χ3n) is 13.3. The Hall–Kier alpha value is -10.3. The Labute approximate surface area is 423 Å². The van der Waals surface area contributed by atoms with Gasteiger partial charge >= 0.3 is 0 Å².